The first kappa shape index (κ1) is 21.1. The molecule has 29 heavy (non-hydrogen) atoms. The molecule has 10 nitrogen and oxygen atoms in total. The number of β-lactam (4-membered cyclic amide) rings is 1. The summed E-state index contributed by atoms with van der Waals surface area (Å²) in [4.78, 5) is 41.7. The van der Waals surface area contributed by atoms with Crippen LogP contribution in [-0.2, 0) is 19.1 Å². The number of carbonyl (C=O) groups is 3. The third kappa shape index (κ3) is 3.81. The molecule has 0 radical (unpaired) electrons. The van der Waals surface area contributed by atoms with Crippen molar-refractivity contribution in [1.29, 1.82) is 0 Å². The van der Waals surface area contributed by atoms with Crippen molar-refractivity contribution in [1.82, 2.24) is 10.2 Å². The monoisotopic (exact) mass is 439 g/mol. The van der Waals surface area contributed by atoms with Crippen LogP contribution in [0.15, 0.2) is 29.4 Å². The third-order valence-corrected chi connectivity index (χ3v) is 6.46. The maximum absolute atomic E-state index is 12.7. The standard InChI is InChI=1S/C17H18ClN5O5S/c1-17(2)12(16(27)28-7-18)23-14(26)11(15(23)29-17)20-13(25)10(21-22-19)8-3-5-9(24)6-4-8/h3-6,10-12,15,24H,7H2,1-2H3,(H,20,25)/t10?,11-,12+,15-/m1/s1. The Morgan fingerprint density at radius 2 is 2.10 bits per heavy atom. The Labute approximate surface area is 175 Å². The van der Waals surface area contributed by atoms with Crippen molar-refractivity contribution in [3.8, 4) is 5.75 Å². The highest BCUT2D eigenvalue weighted by Crippen LogP contribution is 2.51. The lowest BCUT2D eigenvalue weighted by molar-refractivity contribution is -0.163. The van der Waals surface area contributed by atoms with E-state index in [4.69, 9.17) is 21.9 Å². The number of aromatic hydroxyl groups is 1. The highest BCUT2D eigenvalue weighted by molar-refractivity contribution is 8.01. The number of phenolic OH excluding ortho intramolecular Hbond substituents is 1. The van der Waals surface area contributed by atoms with Crippen LogP contribution >= 0.6 is 23.4 Å². The predicted molar refractivity (Wildman–Crippen MR) is 105 cm³/mol. The molecule has 154 valence electrons. The molecule has 12 heteroatoms. The van der Waals surface area contributed by atoms with Crippen LogP contribution in [0.2, 0.25) is 0 Å². The zero-order valence-electron chi connectivity index (χ0n) is 15.5. The number of hydrogen-bond donors (Lipinski definition) is 2. The number of thioether (sulfide) groups is 1. The van der Waals surface area contributed by atoms with E-state index in [9.17, 15) is 19.5 Å². The lowest BCUT2D eigenvalue weighted by Crippen LogP contribution is -2.71. The number of fused-ring (bicyclic) bond motifs is 1. The fourth-order valence-electron chi connectivity index (χ4n) is 3.47. The minimum atomic E-state index is -1.21. The molecule has 1 aromatic rings. The Balaban J connectivity index is 1.76. The molecule has 1 unspecified atom stereocenters. The molecule has 0 aliphatic carbocycles. The van der Waals surface area contributed by atoms with Crippen molar-refractivity contribution >= 4 is 41.1 Å². The number of nitrogens with one attached hydrogen (secondary N) is 1. The van der Waals surface area contributed by atoms with Crippen LogP contribution < -0.4 is 5.32 Å². The second-order valence-corrected chi connectivity index (χ2v) is 9.01. The Bertz CT molecular complexity index is 889. The van der Waals surface area contributed by atoms with Crippen LogP contribution in [0.25, 0.3) is 10.4 Å². The van der Waals surface area contributed by atoms with Gasteiger partial charge in [-0.1, -0.05) is 28.8 Å². The van der Waals surface area contributed by atoms with E-state index in [-0.39, 0.29) is 11.8 Å². The summed E-state index contributed by atoms with van der Waals surface area (Å²) in [7, 11) is 0. The quantitative estimate of drug-likeness (QED) is 0.173. The molecule has 2 amide bonds. The van der Waals surface area contributed by atoms with Gasteiger partial charge in [0.2, 0.25) is 11.8 Å². The number of carbonyl (C=O) groups excluding carboxylic acids is 3. The van der Waals surface area contributed by atoms with Crippen molar-refractivity contribution < 1.29 is 24.2 Å². The molecule has 2 saturated heterocycles. The molecular formula is C17H18ClN5O5S. The molecule has 0 aromatic heterocycles. The molecule has 2 aliphatic heterocycles. The first-order chi connectivity index (χ1) is 13.7. The van der Waals surface area contributed by atoms with Gasteiger partial charge >= 0.3 is 5.97 Å². The summed E-state index contributed by atoms with van der Waals surface area (Å²) in [5.74, 6) is -1.69. The van der Waals surface area contributed by atoms with Crippen LogP contribution in [0.4, 0.5) is 0 Å². The maximum atomic E-state index is 12.7. The Hall–Kier alpha value is -2.62. The topological polar surface area (TPSA) is 145 Å². The molecular weight excluding hydrogens is 422 g/mol. The maximum Gasteiger partial charge on any atom is 0.331 e. The molecule has 0 spiro atoms. The number of amides is 2. The molecule has 1 aromatic carbocycles. The van der Waals surface area contributed by atoms with Gasteiger partial charge in [0.25, 0.3) is 0 Å². The molecule has 0 saturated carbocycles. The van der Waals surface area contributed by atoms with E-state index in [0.717, 1.165) is 0 Å². The second kappa shape index (κ2) is 8.02. The van der Waals surface area contributed by atoms with Gasteiger partial charge in [0.05, 0.1) is 0 Å². The van der Waals surface area contributed by atoms with Crippen LogP contribution in [0.3, 0.4) is 0 Å². The van der Waals surface area contributed by atoms with E-state index < -0.39 is 46.0 Å². The molecule has 3 rings (SSSR count). The predicted octanol–water partition coefficient (Wildman–Crippen LogP) is 2.03. The first-order valence-electron chi connectivity index (χ1n) is 8.57. The van der Waals surface area contributed by atoms with Crippen molar-refractivity contribution in [2.45, 2.75) is 42.1 Å². The number of nitrogens with zero attached hydrogens (tertiary/aromatic N) is 4. The highest BCUT2D eigenvalue weighted by Gasteiger charge is 2.64. The molecule has 0 bridgehead atoms. The summed E-state index contributed by atoms with van der Waals surface area (Å²) < 4.78 is 4.24. The molecule has 4 atom stereocenters. The lowest BCUT2D eigenvalue weighted by atomic mass is 9.95. The van der Waals surface area contributed by atoms with Crippen molar-refractivity contribution in [2.75, 3.05) is 6.07 Å². The normalized spacial score (nSPS) is 25.3. The number of esters is 1. The fourth-order valence-corrected chi connectivity index (χ4v) is 5.20. The zero-order chi connectivity index (χ0) is 21.3. The van der Waals surface area contributed by atoms with E-state index in [2.05, 4.69) is 15.3 Å². The Morgan fingerprint density at radius 3 is 2.69 bits per heavy atom. The average molecular weight is 440 g/mol. The van der Waals surface area contributed by atoms with Gasteiger partial charge in [-0.25, -0.2) is 4.79 Å². The Kier molecular flexibility index (Phi) is 5.83. The number of ether oxygens (including phenoxy) is 1. The molecule has 2 fully saturated rings. The number of azide groups is 1. The van der Waals surface area contributed by atoms with Gasteiger partial charge in [-0.05, 0) is 37.1 Å². The SMILES string of the molecule is CC1(C)S[C@@H]2[C@H](NC(=O)C(N=[N+]=[N-])c3ccc(O)cc3)C(=O)N2[C@H]1C(=O)OCCl. The number of benzene rings is 1. The van der Waals surface area contributed by atoms with Crippen molar-refractivity contribution in [3.63, 3.8) is 0 Å². The summed E-state index contributed by atoms with van der Waals surface area (Å²) in [6.07, 6.45) is 0. The minimum Gasteiger partial charge on any atom is -0.508 e. The largest absolute Gasteiger partial charge is 0.508 e. The van der Waals surface area contributed by atoms with E-state index in [0.29, 0.717) is 5.56 Å². The number of halogens is 1. The smallest absolute Gasteiger partial charge is 0.331 e. The molecule has 2 aliphatic rings. The summed E-state index contributed by atoms with van der Waals surface area (Å²) >= 11 is 6.84. The highest BCUT2D eigenvalue weighted by atomic mass is 35.5. The van der Waals surface area contributed by atoms with Gasteiger partial charge < -0.3 is 20.1 Å². The number of alkyl halides is 1. The van der Waals surface area contributed by atoms with Gasteiger partial charge in [0, 0.05) is 9.66 Å². The van der Waals surface area contributed by atoms with Crippen LogP contribution in [-0.4, -0.2) is 56.1 Å². The Morgan fingerprint density at radius 1 is 1.45 bits per heavy atom. The van der Waals surface area contributed by atoms with Gasteiger partial charge in [-0.15, -0.1) is 11.8 Å². The summed E-state index contributed by atoms with van der Waals surface area (Å²) in [5, 5.41) is 15.1. The van der Waals surface area contributed by atoms with E-state index in [1.165, 1.54) is 40.9 Å². The van der Waals surface area contributed by atoms with Gasteiger partial charge in [-0.3, -0.25) is 9.59 Å². The fraction of sp³-hybridized carbons (Fsp3) is 0.471. The zero-order valence-corrected chi connectivity index (χ0v) is 17.1. The average Bonchev–Trinajstić information content (AvgIpc) is 2.93. The van der Waals surface area contributed by atoms with Gasteiger partial charge in [0.15, 0.2) is 6.07 Å². The second-order valence-electron chi connectivity index (χ2n) is 7.02. The lowest BCUT2D eigenvalue weighted by Gasteiger charge is -2.44. The molecule has 2 heterocycles. The summed E-state index contributed by atoms with van der Waals surface area (Å²) in [6, 6.07) is 2.42. The number of phenols is 1. The van der Waals surface area contributed by atoms with Gasteiger partial charge in [-0.2, -0.15) is 0 Å². The van der Waals surface area contributed by atoms with Gasteiger partial charge in [0.1, 0.15) is 29.2 Å². The van der Waals surface area contributed by atoms with Crippen molar-refractivity contribution in [2.24, 2.45) is 5.11 Å². The molecule has 2 N–H and O–H groups in total. The minimum absolute atomic E-state index is 0.00174. The van der Waals surface area contributed by atoms with E-state index in [1.807, 2.05) is 13.8 Å². The van der Waals surface area contributed by atoms with E-state index in [1.54, 1.807) is 0 Å². The van der Waals surface area contributed by atoms with Crippen LogP contribution in [0.5, 0.6) is 5.75 Å². The summed E-state index contributed by atoms with van der Waals surface area (Å²) in [5.41, 5.74) is 9.18. The van der Waals surface area contributed by atoms with Crippen LogP contribution in [0.1, 0.15) is 25.5 Å². The first-order valence-corrected chi connectivity index (χ1v) is 9.98. The van der Waals surface area contributed by atoms with Crippen LogP contribution in [0, 0.1) is 0 Å². The number of rotatable bonds is 6. The number of hydrogen-bond acceptors (Lipinski definition) is 7. The third-order valence-electron chi connectivity index (χ3n) is 4.78. The van der Waals surface area contributed by atoms with Crippen molar-refractivity contribution in [3.05, 3.63) is 40.3 Å². The van der Waals surface area contributed by atoms with E-state index >= 15 is 0 Å². The summed E-state index contributed by atoms with van der Waals surface area (Å²) in [6.45, 7) is 3.61.